The Morgan fingerprint density at radius 3 is 2.83 bits per heavy atom. The highest BCUT2D eigenvalue weighted by molar-refractivity contribution is 5.94. The summed E-state index contributed by atoms with van der Waals surface area (Å²) in [5.74, 6) is 0.195. The summed E-state index contributed by atoms with van der Waals surface area (Å²) in [6.07, 6.45) is 0.890. The van der Waals surface area contributed by atoms with Gasteiger partial charge in [-0.1, -0.05) is 38.1 Å². The maximum absolute atomic E-state index is 12.8. The summed E-state index contributed by atoms with van der Waals surface area (Å²) in [7, 11) is 0. The number of H-pyrrole nitrogens is 1. The highest BCUT2D eigenvalue weighted by Gasteiger charge is 2.25. The van der Waals surface area contributed by atoms with E-state index < -0.39 is 0 Å². The molecule has 5 heteroatoms. The first-order valence-electron chi connectivity index (χ1n) is 8.21. The van der Waals surface area contributed by atoms with Gasteiger partial charge in [0.15, 0.2) is 5.69 Å². The number of hydrogen-bond acceptors (Lipinski definition) is 3. The number of nitrogens with one attached hydrogen (secondary N) is 3. The molecule has 3 rings (SSSR count). The second-order valence-electron chi connectivity index (χ2n) is 6.51. The van der Waals surface area contributed by atoms with Crippen molar-refractivity contribution >= 4 is 5.91 Å². The molecule has 5 nitrogen and oxygen atoms in total. The second kappa shape index (κ2) is 6.54. The third-order valence-electron chi connectivity index (χ3n) is 4.50. The van der Waals surface area contributed by atoms with Crippen molar-refractivity contribution in [3.05, 3.63) is 52.3 Å². The standard InChI is InChI=1S/C18H24N4O/c1-11(2)16(13-7-5-4-6-12(13)3)20-18(23)17-14-10-19-9-8-15(14)21-22-17/h4-7,11,16,19H,8-10H2,1-3H3,(H,20,23)(H,21,22). The minimum absolute atomic E-state index is 0.0207. The van der Waals surface area contributed by atoms with Crippen LogP contribution in [0.1, 0.15) is 52.8 Å². The number of carbonyl (C=O) groups is 1. The molecule has 122 valence electrons. The average molecular weight is 312 g/mol. The quantitative estimate of drug-likeness (QED) is 0.812. The number of nitrogens with zero attached hydrogens (tertiary/aromatic N) is 1. The summed E-state index contributed by atoms with van der Waals surface area (Å²) in [5.41, 5.74) is 4.95. The molecule has 1 amide bonds. The van der Waals surface area contributed by atoms with E-state index in [1.54, 1.807) is 0 Å². The van der Waals surface area contributed by atoms with Crippen molar-refractivity contribution in [1.82, 2.24) is 20.8 Å². The van der Waals surface area contributed by atoms with Crippen LogP contribution in [-0.2, 0) is 13.0 Å². The molecular weight excluding hydrogens is 288 g/mol. The zero-order valence-corrected chi connectivity index (χ0v) is 13.9. The lowest BCUT2D eigenvalue weighted by Gasteiger charge is -2.24. The number of fused-ring (bicyclic) bond motifs is 1. The van der Waals surface area contributed by atoms with Crippen molar-refractivity contribution in [3.63, 3.8) is 0 Å². The number of amides is 1. The van der Waals surface area contributed by atoms with Gasteiger partial charge in [0.2, 0.25) is 0 Å². The molecule has 23 heavy (non-hydrogen) atoms. The van der Waals surface area contributed by atoms with Crippen LogP contribution in [0.15, 0.2) is 24.3 Å². The summed E-state index contributed by atoms with van der Waals surface area (Å²) < 4.78 is 0. The van der Waals surface area contributed by atoms with E-state index >= 15 is 0 Å². The first-order valence-corrected chi connectivity index (χ1v) is 8.21. The number of aromatic amines is 1. The van der Waals surface area contributed by atoms with Gasteiger partial charge in [-0.25, -0.2) is 0 Å². The van der Waals surface area contributed by atoms with Crippen LogP contribution in [0.5, 0.6) is 0 Å². The minimum Gasteiger partial charge on any atom is -0.344 e. The van der Waals surface area contributed by atoms with E-state index in [4.69, 9.17) is 0 Å². The fourth-order valence-electron chi connectivity index (χ4n) is 3.16. The highest BCUT2D eigenvalue weighted by atomic mass is 16.2. The number of hydrogen-bond donors (Lipinski definition) is 3. The van der Waals surface area contributed by atoms with Gasteiger partial charge in [0, 0.05) is 30.8 Å². The average Bonchev–Trinajstić information content (AvgIpc) is 2.97. The summed E-state index contributed by atoms with van der Waals surface area (Å²) in [4.78, 5) is 12.8. The van der Waals surface area contributed by atoms with Crippen molar-refractivity contribution in [2.45, 2.75) is 39.8 Å². The van der Waals surface area contributed by atoms with Gasteiger partial charge >= 0.3 is 0 Å². The van der Waals surface area contributed by atoms with Crippen LogP contribution in [0.4, 0.5) is 0 Å². The zero-order valence-electron chi connectivity index (χ0n) is 13.9. The lowest BCUT2D eigenvalue weighted by Crippen LogP contribution is -2.34. The fourth-order valence-corrected chi connectivity index (χ4v) is 3.16. The third kappa shape index (κ3) is 3.15. The Hall–Kier alpha value is -2.14. The predicted octanol–water partition coefficient (Wildman–Crippen LogP) is 2.49. The van der Waals surface area contributed by atoms with E-state index in [2.05, 4.69) is 53.7 Å². The molecule has 1 aliphatic rings. The first-order chi connectivity index (χ1) is 11.1. The van der Waals surface area contributed by atoms with Crippen molar-refractivity contribution < 1.29 is 4.79 Å². The lowest BCUT2D eigenvalue weighted by molar-refractivity contribution is 0.0919. The number of carbonyl (C=O) groups excluding carboxylic acids is 1. The monoisotopic (exact) mass is 312 g/mol. The summed E-state index contributed by atoms with van der Waals surface area (Å²) in [5, 5.41) is 13.7. The molecule has 0 saturated carbocycles. The second-order valence-corrected chi connectivity index (χ2v) is 6.51. The highest BCUT2D eigenvalue weighted by Crippen LogP contribution is 2.25. The van der Waals surface area contributed by atoms with Crippen LogP contribution in [-0.4, -0.2) is 22.6 Å². The van der Waals surface area contributed by atoms with Gasteiger partial charge in [-0.15, -0.1) is 0 Å². The molecular formula is C18H24N4O. The van der Waals surface area contributed by atoms with Crippen molar-refractivity contribution in [2.24, 2.45) is 5.92 Å². The summed E-state index contributed by atoms with van der Waals surface area (Å²) in [6, 6.07) is 8.18. The zero-order chi connectivity index (χ0) is 16.4. The fraction of sp³-hybridized carbons (Fsp3) is 0.444. The van der Waals surface area contributed by atoms with E-state index in [1.165, 1.54) is 11.1 Å². The number of aryl methyl sites for hydroxylation is 1. The van der Waals surface area contributed by atoms with Gasteiger partial charge in [-0.3, -0.25) is 9.89 Å². The molecule has 0 fully saturated rings. The summed E-state index contributed by atoms with van der Waals surface area (Å²) in [6.45, 7) is 7.95. The Bertz CT molecular complexity index is 705. The van der Waals surface area contributed by atoms with Crippen molar-refractivity contribution in [2.75, 3.05) is 6.54 Å². The van der Waals surface area contributed by atoms with E-state index in [9.17, 15) is 4.79 Å². The predicted molar refractivity (Wildman–Crippen MR) is 90.2 cm³/mol. The van der Waals surface area contributed by atoms with Crippen LogP contribution >= 0.6 is 0 Å². The molecule has 1 atom stereocenters. The Morgan fingerprint density at radius 2 is 2.09 bits per heavy atom. The van der Waals surface area contributed by atoms with Crippen LogP contribution < -0.4 is 10.6 Å². The molecule has 0 bridgehead atoms. The molecule has 3 N–H and O–H groups in total. The van der Waals surface area contributed by atoms with Gasteiger partial charge in [0.25, 0.3) is 5.91 Å². The van der Waals surface area contributed by atoms with E-state index in [-0.39, 0.29) is 11.9 Å². The Labute approximate surface area is 136 Å². The third-order valence-corrected chi connectivity index (χ3v) is 4.50. The van der Waals surface area contributed by atoms with E-state index in [0.717, 1.165) is 24.2 Å². The van der Waals surface area contributed by atoms with Gasteiger partial charge in [-0.2, -0.15) is 5.10 Å². The molecule has 0 saturated heterocycles. The minimum atomic E-state index is -0.104. The van der Waals surface area contributed by atoms with Gasteiger partial charge in [-0.05, 0) is 24.0 Å². The molecule has 2 heterocycles. The number of aromatic nitrogens is 2. The molecule has 1 aliphatic heterocycles. The van der Waals surface area contributed by atoms with Gasteiger partial charge < -0.3 is 10.6 Å². The molecule has 1 aromatic heterocycles. The Morgan fingerprint density at radius 1 is 1.30 bits per heavy atom. The topological polar surface area (TPSA) is 69.8 Å². The SMILES string of the molecule is Cc1ccccc1C(NC(=O)c1n[nH]c2c1CNCC2)C(C)C. The van der Waals surface area contributed by atoms with Crippen molar-refractivity contribution in [3.8, 4) is 0 Å². The molecule has 0 radical (unpaired) electrons. The molecule has 0 spiro atoms. The van der Waals surface area contributed by atoms with Crippen molar-refractivity contribution in [1.29, 1.82) is 0 Å². The maximum Gasteiger partial charge on any atom is 0.272 e. The first kappa shape index (κ1) is 15.7. The Kier molecular flexibility index (Phi) is 4.48. The van der Waals surface area contributed by atoms with Crippen LogP contribution in [0, 0.1) is 12.8 Å². The lowest BCUT2D eigenvalue weighted by atomic mass is 9.92. The van der Waals surface area contributed by atoms with Gasteiger partial charge in [0.1, 0.15) is 0 Å². The summed E-state index contributed by atoms with van der Waals surface area (Å²) >= 11 is 0. The van der Waals surface area contributed by atoms with Crippen LogP contribution in [0.3, 0.4) is 0 Å². The van der Waals surface area contributed by atoms with Crippen LogP contribution in [0.25, 0.3) is 0 Å². The van der Waals surface area contributed by atoms with E-state index in [1.807, 2.05) is 12.1 Å². The number of rotatable bonds is 4. The maximum atomic E-state index is 12.8. The number of benzene rings is 1. The van der Waals surface area contributed by atoms with Crippen LogP contribution in [0.2, 0.25) is 0 Å². The smallest absolute Gasteiger partial charge is 0.272 e. The molecule has 1 unspecified atom stereocenters. The molecule has 2 aromatic rings. The van der Waals surface area contributed by atoms with E-state index in [0.29, 0.717) is 18.2 Å². The molecule has 0 aliphatic carbocycles. The Balaban J connectivity index is 1.85. The van der Waals surface area contributed by atoms with Gasteiger partial charge in [0.05, 0.1) is 6.04 Å². The largest absolute Gasteiger partial charge is 0.344 e. The molecule has 1 aromatic carbocycles. The normalized spacial score (nSPS) is 15.3.